The molecule has 10 atom stereocenters. The Balaban J connectivity index is 1.23. The highest BCUT2D eigenvalue weighted by atomic mass is 16.5. The monoisotopic (exact) mass is 603 g/mol. The van der Waals surface area contributed by atoms with Crippen molar-refractivity contribution < 1.29 is 24.5 Å². The van der Waals surface area contributed by atoms with Gasteiger partial charge in [-0.25, -0.2) is 0 Å². The maximum absolute atomic E-state index is 14.2. The van der Waals surface area contributed by atoms with E-state index in [-0.39, 0.29) is 51.7 Å². The summed E-state index contributed by atoms with van der Waals surface area (Å²) in [7, 11) is 0. The molecule has 6 aliphatic rings. The third-order valence-electron chi connectivity index (χ3n) is 14.9. The molecule has 0 amide bonds. The van der Waals surface area contributed by atoms with Crippen LogP contribution in [0, 0.1) is 34.5 Å². The Morgan fingerprint density at radius 3 is 2.39 bits per heavy atom. The number of fused-ring (bicyclic) bond motifs is 12. The Morgan fingerprint density at radius 2 is 1.68 bits per heavy atom. The van der Waals surface area contributed by atoms with Crippen LogP contribution in [-0.4, -0.2) is 56.1 Å². The third-order valence-corrected chi connectivity index (χ3v) is 14.9. The van der Waals surface area contributed by atoms with Gasteiger partial charge in [0.05, 0.1) is 41.0 Å². The second-order valence-corrected chi connectivity index (χ2v) is 18.0. The quantitative estimate of drug-likeness (QED) is 0.339. The van der Waals surface area contributed by atoms with E-state index in [0.29, 0.717) is 18.3 Å². The lowest BCUT2D eigenvalue weighted by molar-refractivity contribution is -0.280. The van der Waals surface area contributed by atoms with E-state index in [1.54, 1.807) is 13.8 Å². The van der Waals surface area contributed by atoms with Gasteiger partial charge in [0.25, 0.3) is 0 Å². The van der Waals surface area contributed by atoms with Crippen LogP contribution in [0.4, 0.5) is 0 Å². The molecular weight excluding hydrogens is 550 g/mol. The van der Waals surface area contributed by atoms with Crippen LogP contribution < -0.4 is 0 Å². The number of aromatic nitrogens is 1. The predicted molar refractivity (Wildman–Crippen MR) is 171 cm³/mol. The molecule has 0 bridgehead atoms. The van der Waals surface area contributed by atoms with Gasteiger partial charge in [-0.2, -0.15) is 0 Å². The lowest BCUT2D eigenvalue weighted by Gasteiger charge is -2.67. The first kappa shape index (κ1) is 29.7. The molecule has 5 unspecified atom stereocenters. The minimum absolute atomic E-state index is 0.0223. The van der Waals surface area contributed by atoms with Gasteiger partial charge in [-0.3, -0.25) is 4.79 Å². The molecule has 0 spiro atoms. The molecule has 1 aromatic carbocycles. The first-order valence-corrected chi connectivity index (χ1v) is 17.3. The van der Waals surface area contributed by atoms with E-state index in [4.69, 9.17) is 9.47 Å². The van der Waals surface area contributed by atoms with Crippen molar-refractivity contribution in [2.24, 2.45) is 34.5 Å². The number of aliphatic hydroxyl groups excluding tert-OH is 1. The smallest absolute Gasteiger partial charge is 0.169 e. The van der Waals surface area contributed by atoms with Crippen molar-refractivity contribution >= 4 is 16.7 Å². The van der Waals surface area contributed by atoms with Crippen molar-refractivity contribution in [2.75, 3.05) is 0 Å². The summed E-state index contributed by atoms with van der Waals surface area (Å²) in [6.45, 7) is 19.4. The number of H-pyrrole nitrogens is 1. The van der Waals surface area contributed by atoms with E-state index in [2.05, 4.69) is 65.6 Å². The Bertz CT molecular complexity index is 1580. The summed E-state index contributed by atoms with van der Waals surface area (Å²) in [6.07, 6.45) is 5.59. The molecule has 2 aromatic rings. The van der Waals surface area contributed by atoms with Crippen molar-refractivity contribution in [2.45, 2.75) is 148 Å². The van der Waals surface area contributed by atoms with Gasteiger partial charge in [0.2, 0.25) is 0 Å². The van der Waals surface area contributed by atoms with Crippen molar-refractivity contribution in [3.8, 4) is 0 Å². The van der Waals surface area contributed by atoms with E-state index in [9.17, 15) is 15.0 Å². The first-order valence-electron chi connectivity index (χ1n) is 17.3. The number of hydrogen-bond acceptors (Lipinski definition) is 5. The van der Waals surface area contributed by atoms with Crippen LogP contribution in [0.15, 0.2) is 12.1 Å². The fourth-order valence-electron chi connectivity index (χ4n) is 12.5. The van der Waals surface area contributed by atoms with E-state index >= 15 is 0 Å². The van der Waals surface area contributed by atoms with Crippen LogP contribution in [0.2, 0.25) is 0 Å². The van der Waals surface area contributed by atoms with Crippen LogP contribution >= 0.6 is 0 Å². The molecule has 3 heterocycles. The van der Waals surface area contributed by atoms with Gasteiger partial charge in [-0.05, 0) is 121 Å². The van der Waals surface area contributed by atoms with Crippen molar-refractivity contribution in [1.82, 2.24) is 4.98 Å². The van der Waals surface area contributed by atoms with Crippen LogP contribution in [0.3, 0.4) is 0 Å². The molecule has 1 aromatic heterocycles. The van der Waals surface area contributed by atoms with Gasteiger partial charge in [0, 0.05) is 45.3 Å². The maximum atomic E-state index is 14.2. The molecule has 3 N–H and O–H groups in total. The Kier molecular flexibility index (Phi) is 5.79. The minimum Gasteiger partial charge on any atom is -0.392 e. The molecule has 2 aliphatic heterocycles. The van der Waals surface area contributed by atoms with Gasteiger partial charge in [-0.1, -0.05) is 20.8 Å². The molecule has 2 saturated heterocycles. The van der Waals surface area contributed by atoms with E-state index in [1.807, 2.05) is 0 Å². The zero-order valence-electron chi connectivity index (χ0n) is 28.3. The second kappa shape index (κ2) is 8.59. The maximum Gasteiger partial charge on any atom is 0.169 e. The van der Waals surface area contributed by atoms with Crippen molar-refractivity contribution in [3.63, 3.8) is 0 Å². The summed E-state index contributed by atoms with van der Waals surface area (Å²) in [4.78, 5) is 18.2. The molecule has 0 radical (unpaired) electrons. The van der Waals surface area contributed by atoms with Gasteiger partial charge in [0.1, 0.15) is 0 Å². The topological polar surface area (TPSA) is 91.8 Å². The summed E-state index contributed by atoms with van der Waals surface area (Å²) in [5.74, 6) is 1.11. The summed E-state index contributed by atoms with van der Waals surface area (Å²) in [5.41, 5.74) is 3.83. The molecule has 4 fully saturated rings. The molecule has 8 rings (SSSR count). The molecule has 240 valence electrons. The fourth-order valence-corrected chi connectivity index (χ4v) is 12.5. The van der Waals surface area contributed by atoms with Gasteiger partial charge in [0.15, 0.2) is 5.78 Å². The highest BCUT2D eigenvalue weighted by molar-refractivity contribution is 6.06. The lowest BCUT2D eigenvalue weighted by atomic mass is 9.39. The number of nitrogens with one attached hydrogen (secondary N) is 1. The molecule has 2 saturated carbocycles. The number of carbonyl (C=O) groups is 1. The standard InChI is InChI=1S/C38H53NO5/c1-33(2,42)28-18-26(40)37(8)25-13-10-19-16-22-29-21-17-23-30(35(5,6)44-34(23,3)4)31(41)20(21)11-12-24(29)39-32(22)38(19,9)36(25,7)15-14-27(37)43-28/h11-12,19,23,25-28,30,39-40,42H,10,13-18H2,1-9H3/t19?,23?,25?,26-,27+,28+,30?,36?,37-,38-/m1/s1. The van der Waals surface area contributed by atoms with E-state index in [1.165, 1.54) is 22.2 Å². The molecular formula is C38H53NO5. The zero-order valence-corrected chi connectivity index (χ0v) is 28.3. The highest BCUT2D eigenvalue weighted by Crippen LogP contribution is 2.71. The van der Waals surface area contributed by atoms with Crippen LogP contribution in [-0.2, 0) is 27.7 Å². The highest BCUT2D eigenvalue weighted by Gasteiger charge is 2.70. The summed E-state index contributed by atoms with van der Waals surface area (Å²) >= 11 is 0. The number of aromatic amines is 1. The summed E-state index contributed by atoms with van der Waals surface area (Å²) < 4.78 is 13.2. The van der Waals surface area contributed by atoms with Crippen LogP contribution in [0.1, 0.15) is 122 Å². The Hall–Kier alpha value is -1.73. The fraction of sp³-hybridized carbons (Fsp3) is 0.763. The molecule has 6 nitrogen and oxygen atoms in total. The number of aliphatic hydroxyl groups is 2. The Morgan fingerprint density at radius 1 is 0.955 bits per heavy atom. The lowest BCUT2D eigenvalue weighted by Crippen LogP contribution is -2.68. The van der Waals surface area contributed by atoms with Gasteiger partial charge >= 0.3 is 0 Å². The van der Waals surface area contributed by atoms with Crippen molar-refractivity contribution in [3.05, 3.63) is 34.5 Å². The van der Waals surface area contributed by atoms with Gasteiger partial charge < -0.3 is 24.7 Å². The number of benzene rings is 1. The molecule has 44 heavy (non-hydrogen) atoms. The first-order chi connectivity index (χ1) is 20.4. The predicted octanol–water partition coefficient (Wildman–Crippen LogP) is 6.66. The normalized spacial score (nSPS) is 45.2. The number of rotatable bonds is 1. The second-order valence-electron chi connectivity index (χ2n) is 18.0. The van der Waals surface area contributed by atoms with Crippen LogP contribution in [0.25, 0.3) is 10.9 Å². The van der Waals surface area contributed by atoms with Crippen molar-refractivity contribution in [1.29, 1.82) is 0 Å². The summed E-state index contributed by atoms with van der Waals surface area (Å²) in [6, 6.07) is 4.24. The molecule has 6 heteroatoms. The van der Waals surface area contributed by atoms with E-state index in [0.717, 1.165) is 49.6 Å². The number of hydrogen-bond donors (Lipinski definition) is 3. The Labute approximate surface area is 262 Å². The average molecular weight is 604 g/mol. The number of carbonyl (C=O) groups excluding carboxylic acids is 1. The summed E-state index contributed by atoms with van der Waals surface area (Å²) in [5, 5.41) is 24.0. The number of Topliss-reactive ketones (excluding diaryl/α,β-unsaturated/α-hetero) is 1. The average Bonchev–Trinajstić information content (AvgIpc) is 3.48. The minimum atomic E-state index is -0.979. The SMILES string of the molecule is CC1(C)OC(C)(C)C2C(=O)c3ccc4[nH]c5c(c4c3CC21)CC1CCC2C(C)(CC[C@@H]3O[C@H](C(C)(C)O)C[C@@H](O)[C@@]23C)[C@@]51C. The third kappa shape index (κ3) is 3.39. The van der Waals surface area contributed by atoms with Gasteiger partial charge in [-0.15, -0.1) is 0 Å². The number of ketones is 1. The number of ether oxygens (including phenoxy) is 2. The zero-order chi connectivity index (χ0) is 31.6. The van der Waals surface area contributed by atoms with Crippen LogP contribution in [0.5, 0.6) is 0 Å². The van der Waals surface area contributed by atoms with E-state index < -0.39 is 17.3 Å². The largest absolute Gasteiger partial charge is 0.392 e. The molecule has 4 aliphatic carbocycles.